The molecule has 0 atom stereocenters. The van der Waals surface area contributed by atoms with Gasteiger partial charge in [0.1, 0.15) is 5.75 Å². The van der Waals surface area contributed by atoms with Crippen molar-refractivity contribution in [2.24, 2.45) is 5.14 Å². The minimum atomic E-state index is -3.63. The van der Waals surface area contributed by atoms with Gasteiger partial charge in [0, 0.05) is 16.6 Å². The highest BCUT2D eigenvalue weighted by molar-refractivity contribution is 9.10. The zero-order chi connectivity index (χ0) is 18.4. The maximum Gasteiger partial charge on any atom is 0.238 e. The number of hydrogen-bond acceptors (Lipinski definition) is 4. The Kier molecular flexibility index (Phi) is 7.01. The number of sulfonamides is 1. The number of halogens is 1. The van der Waals surface area contributed by atoms with E-state index in [2.05, 4.69) is 21.2 Å². The van der Waals surface area contributed by atoms with Crippen molar-refractivity contribution in [2.45, 2.75) is 37.8 Å². The SMILES string of the molecule is CC(C)Oc1ccc(Br)cc1CNCCc1ccc(S(N)(=O)=O)cc1. The fraction of sp³-hybridized carbons (Fsp3) is 0.333. The predicted molar refractivity (Wildman–Crippen MR) is 103 cm³/mol. The first kappa shape index (κ1) is 19.9. The van der Waals surface area contributed by atoms with Gasteiger partial charge in [-0.25, -0.2) is 13.6 Å². The molecule has 0 aliphatic carbocycles. The molecule has 136 valence electrons. The molecule has 0 heterocycles. The maximum absolute atomic E-state index is 11.2. The molecule has 0 unspecified atom stereocenters. The van der Waals surface area contributed by atoms with Crippen molar-refractivity contribution in [1.82, 2.24) is 5.32 Å². The summed E-state index contributed by atoms with van der Waals surface area (Å²) in [6.07, 6.45) is 0.913. The van der Waals surface area contributed by atoms with Crippen LogP contribution in [0.1, 0.15) is 25.0 Å². The number of benzene rings is 2. The molecule has 0 bridgehead atoms. The third kappa shape index (κ3) is 6.43. The van der Waals surface area contributed by atoms with Crippen molar-refractivity contribution < 1.29 is 13.2 Å². The standard InChI is InChI=1S/C18H23BrN2O3S/c1-13(2)24-18-8-5-16(19)11-15(18)12-21-10-9-14-3-6-17(7-4-14)25(20,22)23/h3-8,11,13,21H,9-10,12H2,1-2H3,(H2,20,22,23). The zero-order valence-electron chi connectivity index (χ0n) is 14.3. The minimum Gasteiger partial charge on any atom is -0.491 e. The van der Waals surface area contributed by atoms with Crippen LogP contribution in [-0.2, 0) is 23.0 Å². The molecule has 0 saturated heterocycles. The summed E-state index contributed by atoms with van der Waals surface area (Å²) in [5, 5.41) is 8.49. The average Bonchev–Trinajstić information content (AvgIpc) is 2.53. The van der Waals surface area contributed by atoms with Crippen LogP contribution in [0.25, 0.3) is 0 Å². The van der Waals surface area contributed by atoms with Crippen molar-refractivity contribution in [3.05, 3.63) is 58.1 Å². The van der Waals surface area contributed by atoms with Gasteiger partial charge in [0.05, 0.1) is 11.0 Å². The van der Waals surface area contributed by atoms with Crippen molar-refractivity contribution in [2.75, 3.05) is 6.54 Å². The predicted octanol–water partition coefficient (Wildman–Crippen LogP) is 3.22. The van der Waals surface area contributed by atoms with E-state index >= 15 is 0 Å². The highest BCUT2D eigenvalue weighted by atomic mass is 79.9. The van der Waals surface area contributed by atoms with Gasteiger partial charge in [-0.1, -0.05) is 28.1 Å². The van der Waals surface area contributed by atoms with Gasteiger partial charge in [0.2, 0.25) is 10.0 Å². The minimum absolute atomic E-state index is 0.122. The fourth-order valence-electron chi connectivity index (χ4n) is 2.36. The van der Waals surface area contributed by atoms with Gasteiger partial charge in [0.15, 0.2) is 0 Å². The van der Waals surface area contributed by atoms with E-state index in [0.717, 1.165) is 34.3 Å². The van der Waals surface area contributed by atoms with Crippen molar-refractivity contribution in [3.63, 3.8) is 0 Å². The first-order chi connectivity index (χ1) is 11.8. The largest absolute Gasteiger partial charge is 0.491 e. The lowest BCUT2D eigenvalue weighted by molar-refractivity contribution is 0.239. The highest BCUT2D eigenvalue weighted by Gasteiger charge is 2.08. The molecule has 0 spiro atoms. The molecule has 25 heavy (non-hydrogen) atoms. The van der Waals surface area contributed by atoms with Crippen LogP contribution in [0.5, 0.6) is 5.75 Å². The van der Waals surface area contributed by atoms with E-state index in [0.29, 0.717) is 6.54 Å². The summed E-state index contributed by atoms with van der Waals surface area (Å²) in [7, 11) is -3.63. The van der Waals surface area contributed by atoms with E-state index in [9.17, 15) is 8.42 Å². The molecule has 0 fully saturated rings. The Labute approximate surface area is 157 Å². The Balaban J connectivity index is 1.90. The van der Waals surface area contributed by atoms with Crippen LogP contribution in [0.3, 0.4) is 0 Å². The lowest BCUT2D eigenvalue weighted by Gasteiger charge is -2.15. The van der Waals surface area contributed by atoms with Gasteiger partial charge in [-0.15, -0.1) is 0 Å². The molecular weight excluding hydrogens is 404 g/mol. The van der Waals surface area contributed by atoms with Crippen LogP contribution >= 0.6 is 15.9 Å². The van der Waals surface area contributed by atoms with E-state index < -0.39 is 10.0 Å². The third-order valence-electron chi connectivity index (χ3n) is 3.54. The summed E-state index contributed by atoms with van der Waals surface area (Å²) in [5.74, 6) is 0.878. The lowest BCUT2D eigenvalue weighted by atomic mass is 10.1. The number of primary sulfonamides is 1. The first-order valence-corrected chi connectivity index (χ1v) is 10.4. The third-order valence-corrected chi connectivity index (χ3v) is 4.97. The smallest absolute Gasteiger partial charge is 0.238 e. The molecule has 0 aliphatic heterocycles. The highest BCUT2D eigenvalue weighted by Crippen LogP contribution is 2.24. The van der Waals surface area contributed by atoms with Crippen LogP contribution < -0.4 is 15.2 Å². The number of rotatable bonds is 8. The molecule has 3 N–H and O–H groups in total. The maximum atomic E-state index is 11.2. The Morgan fingerprint density at radius 3 is 2.44 bits per heavy atom. The van der Waals surface area contributed by atoms with Gasteiger partial charge in [0.25, 0.3) is 0 Å². The summed E-state index contributed by atoms with van der Waals surface area (Å²) >= 11 is 3.49. The summed E-state index contributed by atoms with van der Waals surface area (Å²) in [6, 6.07) is 12.6. The molecule has 0 saturated carbocycles. The van der Waals surface area contributed by atoms with Crippen LogP contribution in [0.4, 0.5) is 0 Å². The topological polar surface area (TPSA) is 81.4 Å². The van der Waals surface area contributed by atoms with Crippen molar-refractivity contribution in [3.8, 4) is 5.75 Å². The number of hydrogen-bond donors (Lipinski definition) is 2. The average molecular weight is 427 g/mol. The number of nitrogens with two attached hydrogens (primary N) is 1. The molecule has 5 nitrogen and oxygen atoms in total. The molecule has 0 radical (unpaired) electrons. The summed E-state index contributed by atoms with van der Waals surface area (Å²) < 4.78 is 29.3. The first-order valence-electron chi connectivity index (χ1n) is 8.03. The van der Waals surface area contributed by atoms with Gasteiger partial charge in [-0.2, -0.15) is 0 Å². The summed E-state index contributed by atoms with van der Waals surface area (Å²) in [5.41, 5.74) is 2.14. The van der Waals surface area contributed by atoms with Gasteiger partial charge in [-0.05, 0) is 62.7 Å². The molecule has 0 aromatic heterocycles. The summed E-state index contributed by atoms with van der Waals surface area (Å²) in [4.78, 5) is 0.133. The van der Waals surface area contributed by atoms with Crippen LogP contribution in [0, 0.1) is 0 Å². The molecule has 0 aliphatic rings. The Bertz CT molecular complexity index is 806. The fourth-order valence-corrected chi connectivity index (χ4v) is 3.28. The van der Waals surface area contributed by atoms with E-state index in [1.165, 1.54) is 12.1 Å². The molecule has 7 heteroatoms. The monoisotopic (exact) mass is 426 g/mol. The quantitative estimate of drug-likeness (QED) is 0.634. The van der Waals surface area contributed by atoms with E-state index in [-0.39, 0.29) is 11.0 Å². The van der Waals surface area contributed by atoms with E-state index in [1.54, 1.807) is 12.1 Å². The number of nitrogens with one attached hydrogen (secondary N) is 1. The molecule has 2 aromatic carbocycles. The van der Waals surface area contributed by atoms with E-state index in [4.69, 9.17) is 9.88 Å². The van der Waals surface area contributed by atoms with Crippen LogP contribution in [0.15, 0.2) is 51.8 Å². The molecule has 0 amide bonds. The second-order valence-electron chi connectivity index (χ2n) is 6.03. The van der Waals surface area contributed by atoms with Gasteiger partial charge in [-0.3, -0.25) is 0 Å². The van der Waals surface area contributed by atoms with E-state index in [1.807, 2.05) is 32.0 Å². The van der Waals surface area contributed by atoms with Crippen LogP contribution in [0.2, 0.25) is 0 Å². The molecule has 2 rings (SSSR count). The van der Waals surface area contributed by atoms with Crippen LogP contribution in [-0.4, -0.2) is 21.1 Å². The summed E-state index contributed by atoms with van der Waals surface area (Å²) in [6.45, 7) is 5.47. The zero-order valence-corrected chi connectivity index (χ0v) is 16.7. The second kappa shape index (κ2) is 8.80. The molecule has 2 aromatic rings. The van der Waals surface area contributed by atoms with Crippen molar-refractivity contribution >= 4 is 26.0 Å². The number of ether oxygens (including phenoxy) is 1. The normalized spacial score (nSPS) is 11.7. The van der Waals surface area contributed by atoms with Gasteiger partial charge < -0.3 is 10.1 Å². The van der Waals surface area contributed by atoms with Crippen molar-refractivity contribution in [1.29, 1.82) is 0 Å². The second-order valence-corrected chi connectivity index (χ2v) is 8.51. The lowest BCUT2D eigenvalue weighted by Crippen LogP contribution is -2.18. The molecular formula is C18H23BrN2O3S. The Morgan fingerprint density at radius 1 is 1.16 bits per heavy atom. The Hall–Kier alpha value is -1.41. The van der Waals surface area contributed by atoms with Gasteiger partial charge >= 0.3 is 0 Å². The Morgan fingerprint density at radius 2 is 1.84 bits per heavy atom.